The van der Waals surface area contributed by atoms with E-state index in [4.69, 9.17) is 0 Å². The quantitative estimate of drug-likeness (QED) is 0.520. The Morgan fingerprint density at radius 2 is 1.11 bits per heavy atom. The van der Waals surface area contributed by atoms with E-state index < -0.39 is 22.4 Å². The lowest BCUT2D eigenvalue weighted by Gasteiger charge is -2.10. The van der Waals surface area contributed by atoms with E-state index >= 15 is 0 Å². The lowest BCUT2D eigenvalue weighted by Crippen LogP contribution is -2.07. The summed E-state index contributed by atoms with van der Waals surface area (Å²) in [5, 5.41) is 25.5. The molecule has 0 radical (unpaired) electrons. The number of rotatable bonds is 8. The van der Waals surface area contributed by atoms with E-state index in [2.05, 4.69) is 10.2 Å². The zero-order valence-corrected chi connectivity index (χ0v) is 16.2. The average molecular weight is 419 g/mol. The molecule has 0 saturated heterocycles. The summed E-state index contributed by atoms with van der Waals surface area (Å²) < 4.78 is 0.955. The van der Waals surface area contributed by atoms with Crippen LogP contribution in [-0.2, 0) is 9.59 Å². The third-order valence-electron chi connectivity index (χ3n) is 3.48. The van der Waals surface area contributed by atoms with Gasteiger partial charge in [0.05, 0.1) is 0 Å². The van der Waals surface area contributed by atoms with Crippen molar-refractivity contribution in [3.05, 3.63) is 71.8 Å². The number of aromatic nitrogens is 2. The van der Waals surface area contributed by atoms with E-state index in [0.29, 0.717) is 19.8 Å². The molecule has 0 fully saturated rings. The van der Waals surface area contributed by atoms with Crippen molar-refractivity contribution in [2.75, 3.05) is 0 Å². The number of hydrogen-bond donors (Lipinski definition) is 2. The first-order chi connectivity index (χ1) is 13.0. The fourth-order valence-corrected chi connectivity index (χ4v) is 5.55. The molecule has 3 aromatic rings. The fourth-order valence-electron chi connectivity index (χ4n) is 2.27. The maximum atomic E-state index is 11.6. The van der Waals surface area contributed by atoms with Crippen molar-refractivity contribution in [3.63, 3.8) is 0 Å². The van der Waals surface area contributed by atoms with Gasteiger partial charge in [0.1, 0.15) is 10.5 Å². The van der Waals surface area contributed by atoms with E-state index in [1.165, 1.54) is 11.3 Å². The van der Waals surface area contributed by atoms with Crippen LogP contribution in [0.5, 0.6) is 0 Å². The van der Waals surface area contributed by atoms with Crippen molar-refractivity contribution in [1.82, 2.24) is 10.2 Å². The van der Waals surface area contributed by atoms with Crippen LogP contribution in [0.2, 0.25) is 0 Å². The standard InChI is InChI=1S/C18H14N2O4S3/c21-15(22)13(11-7-3-1-4-8-11)25-17-19-20-18(27-17)26-14(16(23)24)12-9-5-2-6-10-12/h1-10,13-14H,(H,21,22)(H,23,24)/t13-,14+. The van der Waals surface area contributed by atoms with Crippen LogP contribution in [0.15, 0.2) is 69.3 Å². The first kappa shape index (κ1) is 19.4. The Labute approximate surface area is 167 Å². The largest absolute Gasteiger partial charge is 0.480 e. The number of hydrogen-bond acceptors (Lipinski definition) is 7. The van der Waals surface area contributed by atoms with Crippen LogP contribution in [0.3, 0.4) is 0 Å². The minimum atomic E-state index is -0.969. The van der Waals surface area contributed by atoms with E-state index in [9.17, 15) is 19.8 Å². The smallest absolute Gasteiger partial charge is 0.321 e. The topological polar surface area (TPSA) is 100 Å². The molecule has 1 heterocycles. The van der Waals surface area contributed by atoms with Crippen LogP contribution in [0, 0.1) is 0 Å². The van der Waals surface area contributed by atoms with Gasteiger partial charge in [-0.2, -0.15) is 0 Å². The monoisotopic (exact) mass is 418 g/mol. The highest BCUT2D eigenvalue weighted by atomic mass is 32.2. The lowest BCUT2D eigenvalue weighted by atomic mass is 10.1. The summed E-state index contributed by atoms with van der Waals surface area (Å²) >= 11 is 3.36. The number of carboxylic acids is 2. The maximum absolute atomic E-state index is 11.6. The van der Waals surface area contributed by atoms with E-state index in [-0.39, 0.29) is 0 Å². The van der Waals surface area contributed by atoms with Gasteiger partial charge in [-0.05, 0) is 11.1 Å². The molecule has 2 atom stereocenters. The van der Waals surface area contributed by atoms with Crippen molar-refractivity contribution >= 4 is 46.8 Å². The Morgan fingerprint density at radius 1 is 0.741 bits per heavy atom. The van der Waals surface area contributed by atoms with Gasteiger partial charge in [-0.25, -0.2) is 0 Å². The van der Waals surface area contributed by atoms with E-state index in [1.807, 2.05) is 12.1 Å². The van der Waals surface area contributed by atoms with Crippen molar-refractivity contribution in [2.24, 2.45) is 0 Å². The van der Waals surface area contributed by atoms with Crippen molar-refractivity contribution in [1.29, 1.82) is 0 Å². The fraction of sp³-hybridized carbons (Fsp3) is 0.111. The SMILES string of the molecule is O=C(O)[C@@H](Sc1nnc(S[C@@H](C(=O)O)c2ccccc2)s1)c1ccccc1. The molecule has 0 amide bonds. The van der Waals surface area contributed by atoms with Crippen molar-refractivity contribution in [3.8, 4) is 0 Å². The molecule has 0 aliphatic carbocycles. The Hall–Kier alpha value is -2.36. The Bertz CT molecular complexity index is 845. The second kappa shape index (κ2) is 9.03. The Kier molecular flexibility index (Phi) is 6.49. The molecule has 3 rings (SSSR count). The van der Waals surface area contributed by atoms with Gasteiger partial charge in [0.15, 0.2) is 8.68 Å². The molecular formula is C18H14N2O4S3. The van der Waals surface area contributed by atoms with Crippen LogP contribution in [0.25, 0.3) is 0 Å². The van der Waals surface area contributed by atoms with Crippen LogP contribution >= 0.6 is 34.9 Å². The van der Waals surface area contributed by atoms with Gasteiger partial charge in [-0.1, -0.05) is 95.5 Å². The predicted octanol–water partition coefficient (Wildman–Crippen LogP) is 4.37. The normalized spacial score (nSPS) is 13.0. The number of benzene rings is 2. The summed E-state index contributed by atoms with van der Waals surface area (Å²) in [6.07, 6.45) is 0. The van der Waals surface area contributed by atoms with Crippen molar-refractivity contribution in [2.45, 2.75) is 19.2 Å². The molecule has 2 aromatic carbocycles. The second-order valence-electron chi connectivity index (χ2n) is 5.33. The zero-order chi connectivity index (χ0) is 19.2. The van der Waals surface area contributed by atoms with Gasteiger partial charge in [0, 0.05) is 0 Å². The number of carbonyl (C=O) groups is 2. The highest BCUT2D eigenvalue weighted by Crippen LogP contribution is 2.42. The first-order valence-corrected chi connectivity index (χ1v) is 10.3. The molecule has 0 aliphatic heterocycles. The zero-order valence-electron chi connectivity index (χ0n) is 13.8. The summed E-state index contributed by atoms with van der Waals surface area (Å²) in [5.74, 6) is -1.94. The molecule has 0 saturated carbocycles. The molecule has 1 aromatic heterocycles. The molecule has 6 nitrogen and oxygen atoms in total. The van der Waals surface area contributed by atoms with Crippen LogP contribution in [-0.4, -0.2) is 32.3 Å². The number of aliphatic carboxylic acids is 2. The molecule has 0 unspecified atom stereocenters. The van der Waals surface area contributed by atoms with Gasteiger partial charge in [0.25, 0.3) is 0 Å². The van der Waals surface area contributed by atoms with Crippen LogP contribution in [0.1, 0.15) is 21.6 Å². The molecular weight excluding hydrogens is 404 g/mol. The van der Waals surface area contributed by atoms with Crippen LogP contribution < -0.4 is 0 Å². The highest BCUT2D eigenvalue weighted by molar-refractivity contribution is 8.04. The number of carboxylic acid groups (broad SMARTS) is 2. The summed E-state index contributed by atoms with van der Waals surface area (Å²) in [6.45, 7) is 0. The molecule has 0 bridgehead atoms. The first-order valence-electron chi connectivity index (χ1n) is 7.77. The van der Waals surface area contributed by atoms with E-state index in [1.54, 1.807) is 48.5 Å². The average Bonchev–Trinajstić information content (AvgIpc) is 3.12. The lowest BCUT2D eigenvalue weighted by molar-refractivity contribution is -0.137. The minimum Gasteiger partial charge on any atom is -0.480 e. The van der Waals surface area contributed by atoms with Gasteiger partial charge < -0.3 is 10.2 Å². The van der Waals surface area contributed by atoms with Gasteiger partial charge in [-0.3, -0.25) is 9.59 Å². The molecule has 27 heavy (non-hydrogen) atoms. The van der Waals surface area contributed by atoms with Gasteiger partial charge >= 0.3 is 11.9 Å². The Balaban J connectivity index is 1.76. The maximum Gasteiger partial charge on any atom is 0.321 e. The third kappa shape index (κ3) is 5.09. The molecule has 138 valence electrons. The highest BCUT2D eigenvalue weighted by Gasteiger charge is 2.26. The third-order valence-corrected chi connectivity index (χ3v) is 7.05. The van der Waals surface area contributed by atoms with Gasteiger partial charge in [-0.15, -0.1) is 10.2 Å². The number of nitrogens with zero attached hydrogens (tertiary/aromatic N) is 2. The predicted molar refractivity (Wildman–Crippen MR) is 105 cm³/mol. The molecule has 9 heteroatoms. The second-order valence-corrected chi connectivity index (χ2v) is 9.01. The Morgan fingerprint density at radius 3 is 1.44 bits per heavy atom. The minimum absolute atomic E-state index is 0.478. The summed E-state index contributed by atoms with van der Waals surface area (Å²) in [4.78, 5) is 23.2. The number of thioether (sulfide) groups is 2. The van der Waals surface area contributed by atoms with Crippen molar-refractivity contribution < 1.29 is 19.8 Å². The molecule has 0 spiro atoms. The summed E-state index contributed by atoms with van der Waals surface area (Å²) in [6, 6.07) is 17.8. The van der Waals surface area contributed by atoms with Gasteiger partial charge in [0.2, 0.25) is 0 Å². The molecule has 0 aliphatic rings. The summed E-state index contributed by atoms with van der Waals surface area (Å²) in [5.41, 5.74) is 1.32. The van der Waals surface area contributed by atoms with Crippen LogP contribution in [0.4, 0.5) is 0 Å². The molecule has 2 N–H and O–H groups in total. The summed E-state index contributed by atoms with van der Waals surface area (Å²) in [7, 11) is 0. The van der Waals surface area contributed by atoms with E-state index in [0.717, 1.165) is 23.5 Å².